The quantitative estimate of drug-likeness (QED) is 0.890. The van der Waals surface area contributed by atoms with Gasteiger partial charge in [0.2, 0.25) is 0 Å². The SMILES string of the molecule is CC(C)c1cnc(NCc2ccc(C(=O)N(C)C)[nH]2)s1. The first kappa shape index (κ1) is 14.6. The fourth-order valence-corrected chi connectivity index (χ4v) is 2.53. The van der Waals surface area contributed by atoms with Gasteiger partial charge in [-0.25, -0.2) is 4.98 Å². The molecule has 2 aromatic heterocycles. The molecule has 0 bridgehead atoms. The maximum Gasteiger partial charge on any atom is 0.269 e. The molecule has 0 atom stereocenters. The minimum atomic E-state index is -0.0207. The Bertz CT molecular complexity index is 586. The van der Waals surface area contributed by atoms with Gasteiger partial charge in [0.05, 0.1) is 6.54 Å². The summed E-state index contributed by atoms with van der Waals surface area (Å²) in [7, 11) is 3.48. The minimum absolute atomic E-state index is 0.0207. The molecule has 0 spiro atoms. The molecule has 0 fully saturated rings. The van der Waals surface area contributed by atoms with Crippen LogP contribution in [0.4, 0.5) is 5.13 Å². The van der Waals surface area contributed by atoms with Crippen LogP contribution in [0.1, 0.15) is 40.8 Å². The number of nitrogens with zero attached hydrogens (tertiary/aromatic N) is 2. The molecule has 0 aliphatic rings. The van der Waals surface area contributed by atoms with Gasteiger partial charge in [-0.1, -0.05) is 13.8 Å². The predicted octanol–water partition coefficient (Wildman–Crippen LogP) is 2.91. The Labute approximate surface area is 123 Å². The monoisotopic (exact) mass is 292 g/mol. The number of hydrogen-bond acceptors (Lipinski definition) is 4. The van der Waals surface area contributed by atoms with Gasteiger partial charge in [0.15, 0.2) is 5.13 Å². The number of amides is 1. The van der Waals surface area contributed by atoms with Crippen molar-refractivity contribution in [3.63, 3.8) is 0 Å². The lowest BCUT2D eigenvalue weighted by Gasteiger charge is -2.07. The molecular formula is C14H20N4OS. The van der Waals surface area contributed by atoms with Crippen molar-refractivity contribution in [1.29, 1.82) is 0 Å². The smallest absolute Gasteiger partial charge is 0.269 e. The Kier molecular flexibility index (Phi) is 4.44. The lowest BCUT2D eigenvalue weighted by Crippen LogP contribution is -2.22. The van der Waals surface area contributed by atoms with Crippen LogP contribution in [0.3, 0.4) is 0 Å². The third-order valence-electron chi connectivity index (χ3n) is 2.91. The van der Waals surface area contributed by atoms with E-state index in [1.807, 2.05) is 12.3 Å². The highest BCUT2D eigenvalue weighted by Crippen LogP contribution is 2.25. The molecule has 1 amide bonds. The summed E-state index contributed by atoms with van der Waals surface area (Å²) in [6, 6.07) is 3.72. The average molecular weight is 292 g/mol. The Hall–Kier alpha value is -1.82. The largest absolute Gasteiger partial charge is 0.356 e. The highest BCUT2D eigenvalue weighted by Gasteiger charge is 2.10. The van der Waals surface area contributed by atoms with Crippen molar-refractivity contribution in [2.75, 3.05) is 19.4 Å². The normalized spacial score (nSPS) is 10.8. The average Bonchev–Trinajstić information content (AvgIpc) is 3.04. The lowest BCUT2D eigenvalue weighted by molar-refractivity contribution is 0.0822. The van der Waals surface area contributed by atoms with E-state index in [0.717, 1.165) is 10.8 Å². The number of aromatic nitrogens is 2. The van der Waals surface area contributed by atoms with Gasteiger partial charge in [0.1, 0.15) is 5.69 Å². The molecule has 5 nitrogen and oxygen atoms in total. The van der Waals surface area contributed by atoms with Gasteiger partial charge >= 0.3 is 0 Å². The molecule has 2 heterocycles. The number of hydrogen-bond donors (Lipinski definition) is 2. The number of aromatic amines is 1. The van der Waals surface area contributed by atoms with E-state index in [0.29, 0.717) is 18.2 Å². The molecule has 0 unspecified atom stereocenters. The van der Waals surface area contributed by atoms with E-state index < -0.39 is 0 Å². The zero-order chi connectivity index (χ0) is 14.7. The molecule has 0 aliphatic heterocycles. The van der Waals surface area contributed by atoms with Crippen molar-refractivity contribution in [2.45, 2.75) is 26.3 Å². The van der Waals surface area contributed by atoms with Crippen molar-refractivity contribution in [1.82, 2.24) is 14.9 Å². The second-order valence-electron chi connectivity index (χ2n) is 5.17. The van der Waals surface area contributed by atoms with Crippen LogP contribution in [0.25, 0.3) is 0 Å². The molecule has 2 rings (SSSR count). The molecule has 0 saturated heterocycles. The summed E-state index contributed by atoms with van der Waals surface area (Å²) < 4.78 is 0. The summed E-state index contributed by atoms with van der Waals surface area (Å²) in [5.74, 6) is 0.477. The molecule has 0 saturated carbocycles. The molecule has 108 valence electrons. The first-order chi connectivity index (χ1) is 9.47. The van der Waals surface area contributed by atoms with E-state index >= 15 is 0 Å². The highest BCUT2D eigenvalue weighted by atomic mass is 32.1. The van der Waals surface area contributed by atoms with Gasteiger partial charge in [0, 0.05) is 30.9 Å². The van der Waals surface area contributed by atoms with Crippen LogP contribution >= 0.6 is 11.3 Å². The molecule has 0 aromatic carbocycles. The van der Waals surface area contributed by atoms with Crippen LogP contribution in [-0.2, 0) is 6.54 Å². The van der Waals surface area contributed by atoms with Crippen molar-refractivity contribution in [3.05, 3.63) is 34.6 Å². The van der Waals surface area contributed by atoms with Crippen molar-refractivity contribution < 1.29 is 4.79 Å². The van der Waals surface area contributed by atoms with Crippen LogP contribution in [0.2, 0.25) is 0 Å². The minimum Gasteiger partial charge on any atom is -0.356 e. The Morgan fingerprint density at radius 2 is 2.20 bits per heavy atom. The van der Waals surface area contributed by atoms with Crippen LogP contribution < -0.4 is 5.32 Å². The number of rotatable bonds is 5. The third kappa shape index (κ3) is 3.39. The maximum absolute atomic E-state index is 11.8. The fourth-order valence-electron chi connectivity index (χ4n) is 1.72. The Morgan fingerprint density at radius 3 is 2.80 bits per heavy atom. The predicted molar refractivity (Wildman–Crippen MR) is 82.3 cm³/mol. The topological polar surface area (TPSA) is 61.0 Å². The molecular weight excluding hydrogens is 272 g/mol. The van der Waals surface area contributed by atoms with Gasteiger partial charge in [0.25, 0.3) is 5.91 Å². The lowest BCUT2D eigenvalue weighted by atomic mass is 10.2. The molecule has 2 N–H and O–H groups in total. The van der Waals surface area contributed by atoms with Crippen molar-refractivity contribution in [2.24, 2.45) is 0 Å². The van der Waals surface area contributed by atoms with E-state index in [2.05, 4.69) is 29.1 Å². The van der Waals surface area contributed by atoms with Gasteiger partial charge in [-0.15, -0.1) is 11.3 Å². The van der Waals surface area contributed by atoms with E-state index in [1.165, 1.54) is 4.88 Å². The number of nitrogens with one attached hydrogen (secondary N) is 2. The van der Waals surface area contributed by atoms with Crippen molar-refractivity contribution >= 4 is 22.4 Å². The van der Waals surface area contributed by atoms with Crippen LogP contribution in [0.15, 0.2) is 18.3 Å². The van der Waals surface area contributed by atoms with Gasteiger partial charge in [-0.3, -0.25) is 4.79 Å². The van der Waals surface area contributed by atoms with E-state index in [-0.39, 0.29) is 5.91 Å². The summed E-state index contributed by atoms with van der Waals surface area (Å²) in [6.07, 6.45) is 1.91. The number of anilines is 1. The van der Waals surface area contributed by atoms with Crippen LogP contribution in [-0.4, -0.2) is 34.9 Å². The van der Waals surface area contributed by atoms with Crippen LogP contribution in [0, 0.1) is 0 Å². The summed E-state index contributed by atoms with van der Waals surface area (Å²) in [6.45, 7) is 4.94. The van der Waals surface area contributed by atoms with Crippen LogP contribution in [0.5, 0.6) is 0 Å². The van der Waals surface area contributed by atoms with Gasteiger partial charge < -0.3 is 15.2 Å². The fraction of sp³-hybridized carbons (Fsp3) is 0.429. The Balaban J connectivity index is 1.95. The molecule has 0 aliphatic carbocycles. The number of H-pyrrole nitrogens is 1. The van der Waals surface area contributed by atoms with Gasteiger partial charge in [-0.2, -0.15) is 0 Å². The summed E-state index contributed by atoms with van der Waals surface area (Å²) >= 11 is 1.67. The first-order valence-corrected chi connectivity index (χ1v) is 7.38. The third-order valence-corrected chi connectivity index (χ3v) is 4.16. The summed E-state index contributed by atoms with van der Waals surface area (Å²) in [5.41, 5.74) is 1.57. The van der Waals surface area contributed by atoms with E-state index in [4.69, 9.17) is 0 Å². The molecule has 0 radical (unpaired) electrons. The maximum atomic E-state index is 11.8. The second-order valence-corrected chi connectivity index (χ2v) is 6.24. The zero-order valence-electron chi connectivity index (χ0n) is 12.2. The standard InChI is InChI=1S/C14H20N4OS/c1-9(2)12-8-16-14(20-12)15-7-10-5-6-11(17-10)13(19)18(3)4/h5-6,8-9,17H,7H2,1-4H3,(H,15,16). The number of carbonyl (C=O) groups excluding carboxylic acids is 1. The molecule has 6 heteroatoms. The summed E-state index contributed by atoms with van der Waals surface area (Å²) in [5, 5.41) is 4.18. The number of thiazole rings is 1. The Morgan fingerprint density at radius 1 is 1.45 bits per heavy atom. The second kappa shape index (κ2) is 6.09. The zero-order valence-corrected chi connectivity index (χ0v) is 13.0. The summed E-state index contributed by atoms with van der Waals surface area (Å²) in [4.78, 5) is 22.1. The molecule has 2 aromatic rings. The molecule has 20 heavy (non-hydrogen) atoms. The number of carbonyl (C=O) groups is 1. The van der Waals surface area contributed by atoms with Gasteiger partial charge in [-0.05, 0) is 18.1 Å². The highest BCUT2D eigenvalue weighted by molar-refractivity contribution is 7.15. The van der Waals surface area contributed by atoms with Crippen molar-refractivity contribution in [3.8, 4) is 0 Å². The first-order valence-electron chi connectivity index (χ1n) is 6.56. The van der Waals surface area contributed by atoms with E-state index in [1.54, 1.807) is 36.4 Å². The van der Waals surface area contributed by atoms with E-state index in [9.17, 15) is 4.79 Å².